The van der Waals surface area contributed by atoms with E-state index in [1.807, 2.05) is 26.8 Å². The zero-order valence-corrected chi connectivity index (χ0v) is 12.7. The highest BCUT2D eigenvalue weighted by atomic mass is 16.5. The molecule has 2 fully saturated rings. The van der Waals surface area contributed by atoms with E-state index in [2.05, 4.69) is 20.8 Å². The molecule has 2 N–H and O–H groups in total. The second kappa shape index (κ2) is 5.26. The molecule has 1 aliphatic carbocycles. The molecule has 0 bridgehead atoms. The van der Waals surface area contributed by atoms with Crippen LogP contribution in [0.15, 0.2) is 12.3 Å². The molecule has 0 radical (unpaired) electrons. The van der Waals surface area contributed by atoms with Crippen LogP contribution in [0.4, 0.5) is 0 Å². The van der Waals surface area contributed by atoms with Crippen LogP contribution in [0, 0.1) is 24.7 Å². The second-order valence-corrected chi connectivity index (χ2v) is 6.69. The van der Waals surface area contributed by atoms with E-state index in [4.69, 9.17) is 4.74 Å². The van der Waals surface area contributed by atoms with Crippen LogP contribution in [0.1, 0.15) is 19.4 Å². The Balaban J connectivity index is 1.52. The number of nitrogens with one attached hydrogen (secondary N) is 2. The Bertz CT molecular complexity index is 536. The van der Waals surface area contributed by atoms with Gasteiger partial charge in [-0.2, -0.15) is 5.10 Å². The molecule has 3 rings (SSSR count). The molecule has 0 aromatic carbocycles. The van der Waals surface area contributed by atoms with E-state index in [1.165, 1.54) is 0 Å². The Labute approximate surface area is 124 Å². The monoisotopic (exact) mass is 290 g/mol. The Kier molecular flexibility index (Phi) is 3.57. The van der Waals surface area contributed by atoms with E-state index in [0.29, 0.717) is 24.3 Å². The van der Waals surface area contributed by atoms with Crippen molar-refractivity contribution in [2.24, 2.45) is 17.8 Å². The molecule has 1 aromatic rings. The minimum absolute atomic E-state index is 0.149. The van der Waals surface area contributed by atoms with Crippen molar-refractivity contribution in [3.05, 3.63) is 17.8 Å². The van der Waals surface area contributed by atoms with Crippen molar-refractivity contribution < 1.29 is 9.53 Å². The number of hydrogen-bond donors (Lipinski definition) is 2. The van der Waals surface area contributed by atoms with Crippen molar-refractivity contribution >= 4 is 5.91 Å². The van der Waals surface area contributed by atoms with Crippen LogP contribution in [0.2, 0.25) is 0 Å². The first-order chi connectivity index (χ1) is 9.98. The Morgan fingerprint density at radius 3 is 2.86 bits per heavy atom. The third kappa shape index (κ3) is 3.00. The predicted octanol–water partition coefficient (Wildman–Crippen LogP) is 0.524. The number of hydrogen-bond acceptors (Lipinski definition) is 5. The maximum absolute atomic E-state index is 12.3. The minimum atomic E-state index is -0.425. The fourth-order valence-corrected chi connectivity index (χ4v) is 3.03. The third-order valence-corrected chi connectivity index (χ3v) is 4.30. The lowest BCUT2D eigenvalue weighted by molar-refractivity contribution is -0.125. The topological polar surface area (TPSA) is 76.1 Å². The second-order valence-electron chi connectivity index (χ2n) is 6.69. The van der Waals surface area contributed by atoms with E-state index in [9.17, 15) is 4.79 Å². The molecule has 3 atom stereocenters. The van der Waals surface area contributed by atoms with Gasteiger partial charge in [-0.3, -0.25) is 4.79 Å². The molecular formula is C15H22N4O2. The predicted molar refractivity (Wildman–Crippen MR) is 77.8 cm³/mol. The van der Waals surface area contributed by atoms with E-state index < -0.39 is 5.54 Å². The van der Waals surface area contributed by atoms with E-state index in [-0.39, 0.29) is 11.8 Å². The van der Waals surface area contributed by atoms with Gasteiger partial charge in [0, 0.05) is 11.5 Å². The SMILES string of the molecule is Cc1ccnnc1OCC(C)(C)NC(=O)C1C2CNC[C@@H]21. The van der Waals surface area contributed by atoms with E-state index in [0.717, 1.165) is 18.7 Å². The summed E-state index contributed by atoms with van der Waals surface area (Å²) in [5.41, 5.74) is 0.515. The van der Waals surface area contributed by atoms with Gasteiger partial charge >= 0.3 is 0 Å². The van der Waals surface area contributed by atoms with Gasteiger partial charge in [-0.25, -0.2) is 0 Å². The fraction of sp³-hybridized carbons (Fsp3) is 0.667. The normalized spacial score (nSPS) is 27.1. The molecular weight excluding hydrogens is 268 g/mol. The van der Waals surface area contributed by atoms with Gasteiger partial charge in [-0.15, -0.1) is 5.10 Å². The van der Waals surface area contributed by atoms with Crippen LogP contribution in [0.5, 0.6) is 5.88 Å². The summed E-state index contributed by atoms with van der Waals surface area (Å²) in [6.07, 6.45) is 1.63. The average Bonchev–Trinajstić information content (AvgIpc) is 2.92. The van der Waals surface area contributed by atoms with Crippen molar-refractivity contribution in [1.82, 2.24) is 20.8 Å². The average molecular weight is 290 g/mol. The summed E-state index contributed by atoms with van der Waals surface area (Å²) in [4.78, 5) is 12.3. The number of piperidine rings is 1. The summed E-state index contributed by atoms with van der Waals surface area (Å²) in [7, 11) is 0. The van der Waals surface area contributed by atoms with Crippen LogP contribution >= 0.6 is 0 Å². The molecule has 114 valence electrons. The maximum Gasteiger partial charge on any atom is 0.236 e. The van der Waals surface area contributed by atoms with Gasteiger partial charge in [0.25, 0.3) is 0 Å². The highest BCUT2D eigenvalue weighted by Crippen LogP contribution is 2.48. The van der Waals surface area contributed by atoms with E-state index in [1.54, 1.807) is 6.20 Å². The van der Waals surface area contributed by atoms with Crippen LogP contribution in [-0.4, -0.2) is 41.3 Å². The van der Waals surface area contributed by atoms with Gasteiger partial charge in [0.1, 0.15) is 6.61 Å². The lowest BCUT2D eigenvalue weighted by atomic mass is 10.1. The summed E-state index contributed by atoms with van der Waals surface area (Å²) in [6.45, 7) is 8.17. The van der Waals surface area contributed by atoms with Crippen LogP contribution in [0.25, 0.3) is 0 Å². The molecule has 0 spiro atoms. The quantitative estimate of drug-likeness (QED) is 0.827. The van der Waals surface area contributed by atoms with Gasteiger partial charge in [0.15, 0.2) is 0 Å². The number of rotatable bonds is 5. The molecule has 1 saturated carbocycles. The summed E-state index contributed by atoms with van der Waals surface area (Å²) in [5.74, 6) is 1.92. The van der Waals surface area contributed by atoms with E-state index >= 15 is 0 Å². The lowest BCUT2D eigenvalue weighted by Crippen LogP contribution is -2.49. The van der Waals surface area contributed by atoms with Crippen molar-refractivity contribution in [3.8, 4) is 5.88 Å². The number of fused-ring (bicyclic) bond motifs is 1. The molecule has 6 heteroatoms. The summed E-state index contributed by atoms with van der Waals surface area (Å²) in [6, 6.07) is 1.85. The first-order valence-electron chi connectivity index (χ1n) is 7.42. The van der Waals surface area contributed by atoms with Crippen LogP contribution in [0.3, 0.4) is 0 Å². The number of ether oxygens (including phenoxy) is 1. The van der Waals surface area contributed by atoms with Crippen LogP contribution in [-0.2, 0) is 4.79 Å². The smallest absolute Gasteiger partial charge is 0.236 e. The Hall–Kier alpha value is -1.69. The maximum atomic E-state index is 12.3. The zero-order chi connectivity index (χ0) is 15.0. The van der Waals surface area contributed by atoms with Crippen molar-refractivity contribution in [2.75, 3.05) is 19.7 Å². The number of carbonyl (C=O) groups excluding carboxylic acids is 1. The fourth-order valence-electron chi connectivity index (χ4n) is 3.03. The molecule has 1 aromatic heterocycles. The highest BCUT2D eigenvalue weighted by Gasteiger charge is 2.57. The highest BCUT2D eigenvalue weighted by molar-refractivity contribution is 5.83. The van der Waals surface area contributed by atoms with Crippen molar-refractivity contribution in [3.63, 3.8) is 0 Å². The first-order valence-corrected chi connectivity index (χ1v) is 7.42. The lowest BCUT2D eigenvalue weighted by Gasteiger charge is -2.26. The minimum Gasteiger partial charge on any atom is -0.474 e. The van der Waals surface area contributed by atoms with Gasteiger partial charge in [-0.1, -0.05) is 0 Å². The summed E-state index contributed by atoms with van der Waals surface area (Å²) < 4.78 is 5.70. The Morgan fingerprint density at radius 2 is 2.19 bits per heavy atom. The molecule has 1 saturated heterocycles. The molecule has 2 aliphatic rings. The first kappa shape index (κ1) is 14.3. The van der Waals surface area contributed by atoms with Crippen molar-refractivity contribution in [2.45, 2.75) is 26.3 Å². The largest absolute Gasteiger partial charge is 0.474 e. The Morgan fingerprint density at radius 1 is 1.48 bits per heavy atom. The molecule has 2 unspecified atom stereocenters. The number of amides is 1. The van der Waals surface area contributed by atoms with Gasteiger partial charge in [-0.05, 0) is 51.8 Å². The number of aromatic nitrogens is 2. The standard InChI is InChI=1S/C15H22N4O2/c1-9-4-5-17-19-14(9)21-8-15(2,3)18-13(20)12-10-6-16-7-11(10)12/h4-5,10-12,16H,6-8H2,1-3H3,(H,18,20)/t10-,11?,12?/m0/s1. The van der Waals surface area contributed by atoms with Gasteiger partial charge < -0.3 is 15.4 Å². The van der Waals surface area contributed by atoms with Gasteiger partial charge in [0.2, 0.25) is 11.8 Å². The summed E-state index contributed by atoms with van der Waals surface area (Å²) in [5, 5.41) is 14.2. The molecule has 6 nitrogen and oxygen atoms in total. The molecule has 21 heavy (non-hydrogen) atoms. The molecule has 1 amide bonds. The van der Waals surface area contributed by atoms with Gasteiger partial charge in [0.05, 0.1) is 11.7 Å². The number of nitrogens with zero attached hydrogens (tertiary/aromatic N) is 2. The van der Waals surface area contributed by atoms with Crippen LogP contribution < -0.4 is 15.4 Å². The number of carbonyl (C=O) groups is 1. The van der Waals surface area contributed by atoms with Crippen molar-refractivity contribution in [1.29, 1.82) is 0 Å². The summed E-state index contributed by atoms with van der Waals surface area (Å²) >= 11 is 0. The zero-order valence-electron chi connectivity index (χ0n) is 12.7. The molecule has 1 aliphatic heterocycles. The molecule has 2 heterocycles. The third-order valence-electron chi connectivity index (χ3n) is 4.30. The number of aryl methyl sites for hydroxylation is 1.